The molecule has 5 heteroatoms. The predicted octanol–water partition coefficient (Wildman–Crippen LogP) is 4.94. The number of aryl methyl sites for hydroxylation is 1. The van der Waals surface area contributed by atoms with Crippen LogP contribution in [-0.2, 0) is 11.3 Å². The number of nitrogens with zero attached hydrogens (tertiary/aromatic N) is 3. The Labute approximate surface area is 190 Å². The van der Waals surface area contributed by atoms with Gasteiger partial charge in [-0.2, -0.15) is 0 Å². The number of pyridine rings is 1. The van der Waals surface area contributed by atoms with Gasteiger partial charge >= 0.3 is 5.97 Å². The Morgan fingerprint density at radius 1 is 0.938 bits per heavy atom. The molecule has 0 N–H and O–H groups in total. The van der Waals surface area contributed by atoms with Crippen LogP contribution in [0, 0.1) is 6.92 Å². The maximum Gasteiger partial charge on any atom is 0.342 e. The molecule has 1 fully saturated rings. The molecule has 0 saturated carbocycles. The minimum atomic E-state index is -0.306. The smallest absolute Gasteiger partial charge is 0.342 e. The fourth-order valence-electron chi connectivity index (χ4n) is 4.01. The fourth-order valence-corrected chi connectivity index (χ4v) is 4.01. The molecular weight excluding hydrogens is 398 g/mol. The van der Waals surface area contributed by atoms with Crippen molar-refractivity contribution in [2.45, 2.75) is 33.4 Å². The molecule has 2 aromatic carbocycles. The lowest BCUT2D eigenvalue weighted by molar-refractivity contribution is 0.0378. The molecular formula is C27H31N3O2. The highest BCUT2D eigenvalue weighted by Gasteiger charge is 2.23. The minimum Gasteiger partial charge on any atom is -0.459 e. The quantitative estimate of drug-likeness (QED) is 0.519. The summed E-state index contributed by atoms with van der Waals surface area (Å²) in [6, 6.07) is 21.1. The van der Waals surface area contributed by atoms with Gasteiger partial charge in [0.25, 0.3) is 0 Å². The van der Waals surface area contributed by atoms with Crippen molar-refractivity contribution in [3.63, 3.8) is 0 Å². The summed E-state index contributed by atoms with van der Waals surface area (Å²) in [5.41, 5.74) is 5.63. The summed E-state index contributed by atoms with van der Waals surface area (Å²) in [6.07, 6.45) is 1.59. The first-order chi connectivity index (χ1) is 15.5. The Morgan fingerprint density at radius 2 is 1.56 bits per heavy atom. The Balaban J connectivity index is 1.36. The molecule has 4 rings (SSSR count). The van der Waals surface area contributed by atoms with E-state index in [1.165, 1.54) is 22.3 Å². The van der Waals surface area contributed by atoms with Crippen LogP contribution in [-0.4, -0.2) is 48.1 Å². The van der Waals surface area contributed by atoms with E-state index in [0.717, 1.165) is 38.5 Å². The number of piperazine rings is 1. The number of aromatic nitrogens is 1. The lowest BCUT2D eigenvalue weighted by Crippen LogP contribution is -2.46. The monoisotopic (exact) mass is 429 g/mol. The first-order valence-corrected chi connectivity index (χ1v) is 11.3. The van der Waals surface area contributed by atoms with E-state index in [2.05, 4.69) is 70.2 Å². The molecule has 0 unspecified atom stereocenters. The van der Waals surface area contributed by atoms with Crippen LogP contribution in [0.4, 0.5) is 5.82 Å². The maximum atomic E-state index is 12.5. The second-order valence-electron chi connectivity index (χ2n) is 8.65. The van der Waals surface area contributed by atoms with E-state index in [1.54, 1.807) is 18.3 Å². The van der Waals surface area contributed by atoms with E-state index in [4.69, 9.17) is 4.74 Å². The molecule has 0 atom stereocenters. The minimum absolute atomic E-state index is 0.148. The molecule has 0 aliphatic carbocycles. The van der Waals surface area contributed by atoms with Gasteiger partial charge < -0.3 is 9.64 Å². The fraction of sp³-hybridized carbons (Fsp3) is 0.333. The molecule has 1 aromatic heterocycles. The number of hydrogen-bond acceptors (Lipinski definition) is 5. The number of carbonyl (C=O) groups excluding carboxylic acids is 1. The van der Waals surface area contributed by atoms with Gasteiger partial charge in [-0.25, -0.2) is 9.78 Å². The molecule has 0 amide bonds. The molecule has 1 saturated heterocycles. The van der Waals surface area contributed by atoms with Crippen molar-refractivity contribution in [3.05, 3.63) is 83.6 Å². The number of benzene rings is 2. The van der Waals surface area contributed by atoms with Crippen molar-refractivity contribution in [1.82, 2.24) is 9.88 Å². The third kappa shape index (κ3) is 5.35. The molecule has 0 bridgehead atoms. The highest BCUT2D eigenvalue weighted by atomic mass is 16.5. The predicted molar refractivity (Wildman–Crippen MR) is 129 cm³/mol. The van der Waals surface area contributed by atoms with Gasteiger partial charge in [-0.1, -0.05) is 54.1 Å². The molecule has 1 aliphatic rings. The summed E-state index contributed by atoms with van der Waals surface area (Å²) in [5.74, 6) is 0.416. The van der Waals surface area contributed by atoms with Crippen LogP contribution >= 0.6 is 0 Å². The van der Waals surface area contributed by atoms with Gasteiger partial charge in [0.05, 0.1) is 6.10 Å². The second-order valence-corrected chi connectivity index (χ2v) is 8.65. The zero-order valence-electron chi connectivity index (χ0n) is 19.1. The zero-order chi connectivity index (χ0) is 22.5. The number of hydrogen-bond donors (Lipinski definition) is 0. The van der Waals surface area contributed by atoms with Gasteiger partial charge in [-0.15, -0.1) is 0 Å². The molecule has 3 aromatic rings. The van der Waals surface area contributed by atoms with Crippen molar-refractivity contribution in [2.24, 2.45) is 0 Å². The first-order valence-electron chi connectivity index (χ1n) is 11.3. The average molecular weight is 430 g/mol. The lowest BCUT2D eigenvalue weighted by Gasteiger charge is -2.36. The number of carbonyl (C=O) groups is 1. The van der Waals surface area contributed by atoms with E-state index >= 15 is 0 Å². The van der Waals surface area contributed by atoms with Crippen LogP contribution in [0.25, 0.3) is 11.1 Å². The summed E-state index contributed by atoms with van der Waals surface area (Å²) >= 11 is 0. The Bertz CT molecular complexity index is 1040. The topological polar surface area (TPSA) is 45.7 Å². The summed E-state index contributed by atoms with van der Waals surface area (Å²) in [7, 11) is 0. The van der Waals surface area contributed by atoms with Crippen molar-refractivity contribution in [3.8, 4) is 11.1 Å². The molecule has 1 aliphatic heterocycles. The summed E-state index contributed by atoms with van der Waals surface area (Å²) in [6.45, 7) is 10.3. The summed E-state index contributed by atoms with van der Waals surface area (Å²) in [4.78, 5) is 21.6. The summed E-state index contributed by atoms with van der Waals surface area (Å²) in [5, 5.41) is 0. The van der Waals surface area contributed by atoms with Crippen molar-refractivity contribution < 1.29 is 9.53 Å². The largest absolute Gasteiger partial charge is 0.459 e. The van der Waals surface area contributed by atoms with E-state index in [9.17, 15) is 4.79 Å². The molecule has 0 spiro atoms. The molecule has 2 heterocycles. The van der Waals surface area contributed by atoms with Gasteiger partial charge in [-0.3, -0.25) is 4.90 Å². The van der Waals surface area contributed by atoms with Crippen molar-refractivity contribution in [1.29, 1.82) is 0 Å². The maximum absolute atomic E-state index is 12.5. The van der Waals surface area contributed by atoms with Crippen molar-refractivity contribution in [2.75, 3.05) is 31.1 Å². The zero-order valence-corrected chi connectivity index (χ0v) is 19.1. The molecule has 166 valence electrons. The SMILES string of the molecule is Cc1ccc(-c2ccc(CN3CCN(c4ncccc4C(=O)OC(C)C)CC3)cc2)cc1. The van der Waals surface area contributed by atoms with Gasteiger partial charge in [0.15, 0.2) is 0 Å². The van der Waals surface area contributed by atoms with Crippen LogP contribution in [0.3, 0.4) is 0 Å². The van der Waals surface area contributed by atoms with Gasteiger partial charge in [-0.05, 0) is 49.6 Å². The lowest BCUT2D eigenvalue weighted by atomic mass is 10.0. The standard InChI is InChI=1S/C27H31N3O2/c1-20(2)32-27(31)25-5-4-14-28-26(25)30-17-15-29(16-18-30)19-22-8-12-24(13-9-22)23-10-6-21(3)7-11-23/h4-14,20H,15-19H2,1-3H3. The van der Waals surface area contributed by atoms with E-state index in [1.807, 2.05) is 13.8 Å². The van der Waals surface area contributed by atoms with Gasteiger partial charge in [0.1, 0.15) is 11.4 Å². The Morgan fingerprint density at radius 3 is 2.19 bits per heavy atom. The Hall–Kier alpha value is -3.18. The van der Waals surface area contributed by atoms with Gasteiger partial charge in [0, 0.05) is 38.9 Å². The number of ether oxygens (including phenoxy) is 1. The van der Waals surface area contributed by atoms with E-state index in [0.29, 0.717) is 5.56 Å². The summed E-state index contributed by atoms with van der Waals surface area (Å²) < 4.78 is 5.40. The Kier molecular flexibility index (Phi) is 6.86. The molecule has 5 nitrogen and oxygen atoms in total. The molecule has 32 heavy (non-hydrogen) atoms. The van der Waals surface area contributed by atoms with Gasteiger partial charge in [0.2, 0.25) is 0 Å². The first kappa shape index (κ1) is 22.0. The van der Waals surface area contributed by atoms with Crippen LogP contribution in [0.5, 0.6) is 0 Å². The van der Waals surface area contributed by atoms with Crippen LogP contribution in [0.15, 0.2) is 66.9 Å². The number of rotatable bonds is 6. The van der Waals surface area contributed by atoms with Crippen LogP contribution < -0.4 is 4.90 Å². The van der Waals surface area contributed by atoms with Crippen LogP contribution in [0.1, 0.15) is 35.3 Å². The average Bonchev–Trinajstić information content (AvgIpc) is 2.80. The third-order valence-corrected chi connectivity index (χ3v) is 5.77. The normalized spacial score (nSPS) is 14.6. The van der Waals surface area contributed by atoms with E-state index < -0.39 is 0 Å². The van der Waals surface area contributed by atoms with Crippen LogP contribution in [0.2, 0.25) is 0 Å². The highest BCUT2D eigenvalue weighted by molar-refractivity contribution is 5.94. The highest BCUT2D eigenvalue weighted by Crippen LogP contribution is 2.23. The number of anilines is 1. The second kappa shape index (κ2) is 9.96. The van der Waals surface area contributed by atoms with Crippen molar-refractivity contribution >= 4 is 11.8 Å². The third-order valence-electron chi connectivity index (χ3n) is 5.77. The number of esters is 1. The van der Waals surface area contributed by atoms with E-state index in [-0.39, 0.29) is 12.1 Å². The molecule has 0 radical (unpaired) electrons.